The molecule has 0 spiro atoms. The van der Waals surface area contributed by atoms with E-state index in [-0.39, 0.29) is 27.6 Å². The number of anilines is 1. The molecule has 29 heavy (non-hydrogen) atoms. The Morgan fingerprint density at radius 2 is 2.00 bits per heavy atom. The average Bonchev–Trinajstić information content (AvgIpc) is 2.69. The number of para-hydroxylation sites is 2. The minimum atomic E-state index is -0.825. The van der Waals surface area contributed by atoms with Gasteiger partial charge in [-0.25, -0.2) is 4.68 Å². The molecule has 0 aliphatic carbocycles. The first-order valence-electron chi connectivity index (χ1n) is 8.17. The molecule has 0 saturated heterocycles. The summed E-state index contributed by atoms with van der Waals surface area (Å²) in [7, 11) is 0. The van der Waals surface area contributed by atoms with Crippen molar-refractivity contribution in [2.24, 2.45) is 0 Å². The molecule has 3 aromatic rings. The maximum atomic E-state index is 12.6. The second-order valence-corrected chi connectivity index (χ2v) is 6.32. The molecule has 0 bridgehead atoms. The summed E-state index contributed by atoms with van der Waals surface area (Å²) >= 11 is 5.87. The minimum Gasteiger partial charge on any atom is -0.320 e. The van der Waals surface area contributed by atoms with Crippen LogP contribution in [0.4, 0.5) is 11.4 Å². The number of aromatic nitrogens is 2. The summed E-state index contributed by atoms with van der Waals surface area (Å²) in [4.78, 5) is 35.6. The number of carbonyl (C=O) groups excluding carboxylic acids is 1. The van der Waals surface area contributed by atoms with Crippen molar-refractivity contribution in [3.63, 3.8) is 0 Å². The Morgan fingerprint density at radius 3 is 2.69 bits per heavy atom. The summed E-state index contributed by atoms with van der Waals surface area (Å²) in [5.41, 5.74) is -0.504. The summed E-state index contributed by atoms with van der Waals surface area (Å²) in [5, 5.41) is 27.1. The van der Waals surface area contributed by atoms with E-state index in [1.54, 1.807) is 13.0 Å². The zero-order valence-electron chi connectivity index (χ0n) is 14.9. The Kier molecular flexibility index (Phi) is 5.38. The normalized spacial score (nSPS) is 10.2. The van der Waals surface area contributed by atoms with Crippen molar-refractivity contribution < 1.29 is 9.72 Å². The van der Waals surface area contributed by atoms with E-state index in [1.165, 1.54) is 42.5 Å². The van der Waals surface area contributed by atoms with Crippen LogP contribution in [0.2, 0.25) is 5.02 Å². The molecular formula is C19H12ClN5O4. The van der Waals surface area contributed by atoms with Crippen LogP contribution in [0.1, 0.15) is 21.7 Å². The van der Waals surface area contributed by atoms with Gasteiger partial charge in [0.15, 0.2) is 5.69 Å². The van der Waals surface area contributed by atoms with E-state index in [2.05, 4.69) is 10.4 Å². The number of nitriles is 1. The van der Waals surface area contributed by atoms with Gasteiger partial charge in [-0.1, -0.05) is 23.7 Å². The number of nitrogens with one attached hydrogen (secondary N) is 1. The van der Waals surface area contributed by atoms with Crippen LogP contribution in [0.25, 0.3) is 5.69 Å². The number of nitro groups is 1. The molecule has 2 aromatic carbocycles. The van der Waals surface area contributed by atoms with Crippen LogP contribution in [-0.4, -0.2) is 20.6 Å². The molecule has 0 unspecified atom stereocenters. The van der Waals surface area contributed by atoms with Crippen LogP contribution in [0.5, 0.6) is 0 Å². The predicted octanol–water partition coefficient (Wildman–Crippen LogP) is 3.23. The Balaban J connectivity index is 2.05. The Labute approximate surface area is 168 Å². The lowest BCUT2D eigenvalue weighted by atomic mass is 10.2. The van der Waals surface area contributed by atoms with Gasteiger partial charge in [-0.3, -0.25) is 19.7 Å². The molecule has 1 N–H and O–H groups in total. The summed E-state index contributed by atoms with van der Waals surface area (Å²) in [6, 6.07) is 13.2. The predicted molar refractivity (Wildman–Crippen MR) is 105 cm³/mol. The van der Waals surface area contributed by atoms with Gasteiger partial charge in [0.2, 0.25) is 5.43 Å². The second-order valence-electron chi connectivity index (χ2n) is 5.92. The van der Waals surface area contributed by atoms with Crippen LogP contribution >= 0.6 is 11.6 Å². The molecule has 9 nitrogen and oxygen atoms in total. The quantitative estimate of drug-likeness (QED) is 0.519. The largest absolute Gasteiger partial charge is 0.320 e. The summed E-state index contributed by atoms with van der Waals surface area (Å²) < 4.78 is 1.16. The van der Waals surface area contributed by atoms with E-state index in [1.807, 2.05) is 6.07 Å². The smallest absolute Gasteiger partial charge is 0.294 e. The van der Waals surface area contributed by atoms with Crippen LogP contribution < -0.4 is 10.7 Å². The van der Waals surface area contributed by atoms with E-state index >= 15 is 0 Å². The zero-order valence-corrected chi connectivity index (χ0v) is 15.7. The van der Waals surface area contributed by atoms with E-state index in [4.69, 9.17) is 16.9 Å². The lowest BCUT2D eigenvalue weighted by Crippen LogP contribution is -2.27. The van der Waals surface area contributed by atoms with Crippen LogP contribution in [-0.2, 0) is 0 Å². The van der Waals surface area contributed by atoms with Crippen molar-refractivity contribution in [3.8, 4) is 11.8 Å². The van der Waals surface area contributed by atoms with Crippen molar-refractivity contribution in [2.75, 3.05) is 5.32 Å². The van der Waals surface area contributed by atoms with Gasteiger partial charge in [-0.15, -0.1) is 0 Å². The Morgan fingerprint density at radius 1 is 1.28 bits per heavy atom. The Bertz CT molecular complexity index is 1250. The topological polar surface area (TPSA) is 131 Å². The zero-order chi connectivity index (χ0) is 21.1. The number of benzene rings is 2. The highest BCUT2D eigenvalue weighted by atomic mass is 35.5. The molecule has 0 radical (unpaired) electrons. The monoisotopic (exact) mass is 409 g/mol. The van der Waals surface area contributed by atoms with Gasteiger partial charge in [0, 0.05) is 23.5 Å². The lowest BCUT2D eigenvalue weighted by molar-refractivity contribution is -0.384. The van der Waals surface area contributed by atoms with Gasteiger partial charge in [0.05, 0.1) is 15.5 Å². The van der Waals surface area contributed by atoms with Crippen molar-refractivity contribution in [3.05, 3.63) is 90.8 Å². The molecule has 0 fully saturated rings. The fourth-order valence-electron chi connectivity index (χ4n) is 2.63. The number of rotatable bonds is 4. The molecule has 10 heteroatoms. The molecule has 144 valence electrons. The van der Waals surface area contributed by atoms with Gasteiger partial charge in [0.25, 0.3) is 11.6 Å². The number of hydrogen-bond acceptors (Lipinski definition) is 6. The molecule has 0 aliphatic rings. The number of hydrogen-bond donors (Lipinski definition) is 1. The highest BCUT2D eigenvalue weighted by Crippen LogP contribution is 2.23. The molecular weight excluding hydrogens is 398 g/mol. The first-order chi connectivity index (χ1) is 13.8. The van der Waals surface area contributed by atoms with Crippen LogP contribution in [0.3, 0.4) is 0 Å². The fraction of sp³-hybridized carbons (Fsp3) is 0.0526. The van der Waals surface area contributed by atoms with Crippen molar-refractivity contribution in [2.45, 2.75) is 6.92 Å². The summed E-state index contributed by atoms with van der Waals surface area (Å²) in [6.45, 7) is 1.55. The molecule has 0 atom stereocenters. The van der Waals surface area contributed by atoms with E-state index in [9.17, 15) is 19.7 Å². The Hall–Kier alpha value is -4.03. The van der Waals surface area contributed by atoms with Gasteiger partial charge in [0.1, 0.15) is 11.8 Å². The number of aryl methyl sites for hydroxylation is 1. The molecule has 0 aliphatic heterocycles. The maximum absolute atomic E-state index is 12.6. The molecule has 1 amide bonds. The van der Waals surface area contributed by atoms with Crippen molar-refractivity contribution >= 4 is 28.9 Å². The highest BCUT2D eigenvalue weighted by molar-refractivity contribution is 6.31. The molecule has 1 aromatic heterocycles. The highest BCUT2D eigenvalue weighted by Gasteiger charge is 2.20. The van der Waals surface area contributed by atoms with E-state index in [0.717, 1.165) is 4.68 Å². The van der Waals surface area contributed by atoms with Crippen molar-refractivity contribution in [1.82, 2.24) is 9.78 Å². The minimum absolute atomic E-state index is 0.113. The lowest BCUT2D eigenvalue weighted by Gasteiger charge is -2.12. The number of amides is 1. The van der Waals surface area contributed by atoms with Crippen LogP contribution in [0, 0.1) is 28.4 Å². The summed E-state index contributed by atoms with van der Waals surface area (Å²) in [5.74, 6) is -0.825. The molecule has 3 rings (SSSR count). The third-order valence-electron chi connectivity index (χ3n) is 3.97. The van der Waals surface area contributed by atoms with E-state index < -0.39 is 22.0 Å². The fourth-order valence-corrected chi connectivity index (χ4v) is 2.79. The van der Waals surface area contributed by atoms with Gasteiger partial charge < -0.3 is 5.32 Å². The van der Waals surface area contributed by atoms with Gasteiger partial charge >= 0.3 is 0 Å². The second kappa shape index (κ2) is 7.92. The first kappa shape index (κ1) is 19.7. The van der Waals surface area contributed by atoms with Crippen LogP contribution in [0.15, 0.2) is 53.3 Å². The molecule has 0 saturated carbocycles. The number of nitro benzene ring substituents is 1. The maximum Gasteiger partial charge on any atom is 0.294 e. The number of carbonyl (C=O) groups is 1. The third-order valence-corrected chi connectivity index (χ3v) is 4.30. The SMILES string of the molecule is Cc1cc(=O)c(C(=O)Nc2ccc(Cl)c(C#N)c2)nn1-c1ccccc1[N+](=O)[O-]. The first-order valence-corrected chi connectivity index (χ1v) is 8.55. The number of halogens is 1. The summed E-state index contributed by atoms with van der Waals surface area (Å²) in [6.07, 6.45) is 0. The number of nitrogens with zero attached hydrogens (tertiary/aromatic N) is 4. The van der Waals surface area contributed by atoms with Gasteiger partial charge in [-0.05, 0) is 31.2 Å². The van der Waals surface area contributed by atoms with Crippen molar-refractivity contribution in [1.29, 1.82) is 5.26 Å². The molecule has 1 heterocycles. The third kappa shape index (κ3) is 3.97. The van der Waals surface area contributed by atoms with Gasteiger partial charge in [-0.2, -0.15) is 10.4 Å². The standard InChI is InChI=1S/C19H12ClN5O4/c1-11-8-17(26)18(19(27)22-13-6-7-14(20)12(9-13)10-21)23-24(11)15-4-2-3-5-16(15)25(28)29/h2-9H,1H3,(H,22,27). The average molecular weight is 410 g/mol. The van der Waals surface area contributed by atoms with E-state index in [0.29, 0.717) is 5.69 Å².